The second kappa shape index (κ2) is 10.3. The lowest BCUT2D eigenvalue weighted by Gasteiger charge is -2.22. The Bertz CT molecular complexity index is 2590. The summed E-state index contributed by atoms with van der Waals surface area (Å²) in [6.07, 6.45) is 0. The molecule has 0 fully saturated rings. The average molecular weight is 598 g/mol. The van der Waals surface area contributed by atoms with E-state index < -0.39 is 0 Å². The minimum Gasteiger partial charge on any atom is -0.192 e. The van der Waals surface area contributed by atoms with Crippen LogP contribution < -0.4 is 0 Å². The van der Waals surface area contributed by atoms with Gasteiger partial charge in [0.1, 0.15) is 0 Å². The smallest absolute Gasteiger partial charge is 0.0991 e. The number of hydrogen-bond acceptors (Lipinski definition) is 1. The molecule has 0 spiro atoms. The molecule has 0 saturated heterocycles. The molecule has 1 aliphatic rings. The van der Waals surface area contributed by atoms with Gasteiger partial charge in [-0.05, 0) is 112 Å². The van der Waals surface area contributed by atoms with Crippen molar-refractivity contribution >= 4 is 32.3 Å². The minimum absolute atomic E-state index is 0.0461. The van der Waals surface area contributed by atoms with E-state index in [0.29, 0.717) is 5.56 Å². The lowest BCUT2D eigenvalue weighted by molar-refractivity contribution is 0.660. The summed E-state index contributed by atoms with van der Waals surface area (Å²) >= 11 is 0. The SMILES string of the molecule is CC1(C)c2ccccc2-c2cc(-c3c4ccccc4c(-c4ccc(C#N)cc4)c4ccc(-c5cccc6ccccc56)cc34)ccc21. The van der Waals surface area contributed by atoms with Crippen molar-refractivity contribution in [2.24, 2.45) is 0 Å². The van der Waals surface area contributed by atoms with Crippen LogP contribution in [0.15, 0.2) is 152 Å². The molecule has 0 atom stereocenters. The van der Waals surface area contributed by atoms with Crippen molar-refractivity contribution in [3.63, 3.8) is 0 Å². The Hall–Kier alpha value is -5.97. The molecule has 9 rings (SSSR count). The molecule has 0 saturated carbocycles. The average Bonchev–Trinajstić information content (AvgIpc) is 3.35. The number of rotatable bonds is 3. The van der Waals surface area contributed by atoms with Crippen molar-refractivity contribution in [2.75, 3.05) is 0 Å². The Kier molecular flexibility index (Phi) is 5.98. The summed E-state index contributed by atoms with van der Waals surface area (Å²) in [4.78, 5) is 0. The first-order valence-electron chi connectivity index (χ1n) is 16.2. The largest absolute Gasteiger partial charge is 0.192 e. The van der Waals surface area contributed by atoms with E-state index in [1.165, 1.54) is 82.4 Å². The minimum atomic E-state index is -0.0461. The molecule has 220 valence electrons. The quantitative estimate of drug-likeness (QED) is 0.186. The molecule has 0 unspecified atom stereocenters. The van der Waals surface area contributed by atoms with Gasteiger partial charge in [-0.1, -0.05) is 141 Å². The highest BCUT2D eigenvalue weighted by atomic mass is 14.4. The molecule has 0 bridgehead atoms. The van der Waals surface area contributed by atoms with Gasteiger partial charge in [0.2, 0.25) is 0 Å². The fraction of sp³-hybridized carbons (Fsp3) is 0.0652. The zero-order chi connectivity index (χ0) is 31.7. The van der Waals surface area contributed by atoms with Gasteiger partial charge in [0.15, 0.2) is 0 Å². The van der Waals surface area contributed by atoms with Crippen molar-refractivity contribution < 1.29 is 0 Å². The monoisotopic (exact) mass is 597 g/mol. The Morgan fingerprint density at radius 3 is 1.79 bits per heavy atom. The van der Waals surface area contributed by atoms with Crippen LogP contribution in [0.4, 0.5) is 0 Å². The first kappa shape index (κ1) is 27.3. The Morgan fingerprint density at radius 1 is 0.426 bits per heavy atom. The lowest BCUT2D eigenvalue weighted by atomic mass is 9.81. The molecule has 8 aromatic rings. The first-order valence-corrected chi connectivity index (χ1v) is 16.2. The molecular weight excluding hydrogens is 567 g/mol. The third-order valence-electron chi connectivity index (χ3n) is 10.3. The Labute approximate surface area is 275 Å². The normalized spacial score (nSPS) is 13.0. The standard InChI is InChI=1S/C46H31N/c1-46(2)42-17-8-7-13-36(42)40-27-33(23-25-43(40)46)45-38-15-6-5-14-37(38)44(31-20-18-29(28-47)19-21-31)39-24-22-32(26-41(39)45)35-16-9-11-30-10-3-4-12-34(30)35/h3-27H,1-2H3. The molecule has 1 nitrogen and oxygen atoms in total. The molecule has 0 amide bonds. The summed E-state index contributed by atoms with van der Waals surface area (Å²) in [5.41, 5.74) is 13.2. The maximum atomic E-state index is 9.53. The highest BCUT2D eigenvalue weighted by molar-refractivity contribution is 6.22. The lowest BCUT2D eigenvalue weighted by Crippen LogP contribution is -2.14. The van der Waals surface area contributed by atoms with E-state index in [0.717, 1.165) is 5.56 Å². The Morgan fingerprint density at radius 2 is 1.00 bits per heavy atom. The molecule has 47 heavy (non-hydrogen) atoms. The van der Waals surface area contributed by atoms with Crippen molar-refractivity contribution in [3.05, 3.63) is 168 Å². The summed E-state index contributed by atoms with van der Waals surface area (Å²) in [7, 11) is 0. The van der Waals surface area contributed by atoms with Crippen LogP contribution in [0.5, 0.6) is 0 Å². The van der Waals surface area contributed by atoms with E-state index in [1.807, 2.05) is 12.1 Å². The highest BCUT2D eigenvalue weighted by Gasteiger charge is 2.35. The maximum Gasteiger partial charge on any atom is 0.0991 e. The summed E-state index contributed by atoms with van der Waals surface area (Å²) < 4.78 is 0. The van der Waals surface area contributed by atoms with Crippen LogP contribution in [0.25, 0.3) is 76.8 Å². The molecule has 8 aromatic carbocycles. The van der Waals surface area contributed by atoms with Crippen LogP contribution in [-0.2, 0) is 5.41 Å². The van der Waals surface area contributed by atoms with Crippen molar-refractivity contribution in [1.82, 2.24) is 0 Å². The van der Waals surface area contributed by atoms with Crippen LogP contribution in [0.3, 0.4) is 0 Å². The number of benzene rings is 8. The van der Waals surface area contributed by atoms with Crippen molar-refractivity contribution in [2.45, 2.75) is 19.3 Å². The zero-order valence-electron chi connectivity index (χ0n) is 26.4. The second-order valence-corrected chi connectivity index (χ2v) is 13.2. The molecule has 0 aromatic heterocycles. The Balaban J connectivity index is 1.39. The van der Waals surface area contributed by atoms with Crippen LogP contribution in [-0.4, -0.2) is 0 Å². The molecule has 1 heteroatoms. The number of nitrogens with zero attached hydrogens (tertiary/aromatic N) is 1. The van der Waals surface area contributed by atoms with E-state index in [4.69, 9.17) is 0 Å². The van der Waals surface area contributed by atoms with E-state index in [-0.39, 0.29) is 5.41 Å². The van der Waals surface area contributed by atoms with Crippen LogP contribution in [0.2, 0.25) is 0 Å². The van der Waals surface area contributed by atoms with Gasteiger partial charge >= 0.3 is 0 Å². The van der Waals surface area contributed by atoms with E-state index in [1.54, 1.807) is 0 Å². The van der Waals surface area contributed by atoms with Gasteiger partial charge in [-0.2, -0.15) is 5.26 Å². The fourth-order valence-corrected chi connectivity index (χ4v) is 8.03. The van der Waals surface area contributed by atoms with E-state index >= 15 is 0 Å². The molecule has 0 aliphatic heterocycles. The van der Waals surface area contributed by atoms with E-state index in [2.05, 4.69) is 159 Å². The third kappa shape index (κ3) is 4.09. The molecule has 0 N–H and O–H groups in total. The molecular formula is C46H31N. The fourth-order valence-electron chi connectivity index (χ4n) is 8.03. The molecule has 0 radical (unpaired) electrons. The van der Waals surface area contributed by atoms with Gasteiger partial charge in [0.25, 0.3) is 0 Å². The van der Waals surface area contributed by atoms with Gasteiger partial charge in [0, 0.05) is 5.41 Å². The van der Waals surface area contributed by atoms with Crippen molar-refractivity contribution in [1.29, 1.82) is 5.26 Å². The van der Waals surface area contributed by atoms with Crippen molar-refractivity contribution in [3.8, 4) is 50.6 Å². The van der Waals surface area contributed by atoms with Crippen LogP contribution in [0.1, 0.15) is 30.5 Å². The maximum absolute atomic E-state index is 9.53. The third-order valence-corrected chi connectivity index (χ3v) is 10.3. The number of nitriles is 1. The topological polar surface area (TPSA) is 23.8 Å². The summed E-state index contributed by atoms with van der Waals surface area (Å²) in [6, 6.07) is 57.3. The van der Waals surface area contributed by atoms with Gasteiger partial charge in [-0.15, -0.1) is 0 Å². The molecule has 1 aliphatic carbocycles. The zero-order valence-corrected chi connectivity index (χ0v) is 26.4. The first-order chi connectivity index (χ1) is 23.0. The second-order valence-electron chi connectivity index (χ2n) is 13.2. The van der Waals surface area contributed by atoms with Gasteiger partial charge < -0.3 is 0 Å². The summed E-state index contributed by atoms with van der Waals surface area (Å²) in [6.45, 7) is 4.68. The highest BCUT2D eigenvalue weighted by Crippen LogP contribution is 2.51. The van der Waals surface area contributed by atoms with Crippen LogP contribution in [0, 0.1) is 11.3 Å². The predicted molar refractivity (Wildman–Crippen MR) is 198 cm³/mol. The predicted octanol–water partition coefficient (Wildman–Crippen LogP) is 12.3. The van der Waals surface area contributed by atoms with Gasteiger partial charge in [0.05, 0.1) is 11.6 Å². The summed E-state index contributed by atoms with van der Waals surface area (Å²) in [5, 5.41) is 16.9. The summed E-state index contributed by atoms with van der Waals surface area (Å²) in [5.74, 6) is 0. The van der Waals surface area contributed by atoms with Gasteiger partial charge in [-0.25, -0.2) is 0 Å². The van der Waals surface area contributed by atoms with Crippen LogP contribution >= 0.6 is 0 Å². The number of fused-ring (bicyclic) bond motifs is 6. The van der Waals surface area contributed by atoms with Gasteiger partial charge in [-0.3, -0.25) is 0 Å². The molecule has 0 heterocycles. The van der Waals surface area contributed by atoms with E-state index in [9.17, 15) is 5.26 Å². The number of hydrogen-bond donors (Lipinski definition) is 0.